The second-order valence-electron chi connectivity index (χ2n) is 8.15. The van der Waals surface area contributed by atoms with Crippen molar-refractivity contribution in [1.29, 1.82) is 0 Å². The largest absolute Gasteiger partial charge is 0.497 e. The Hall–Kier alpha value is -3.12. The number of β-amino-alcohol motifs (C(OH)–C–C–N with tert-alkyl or cyclic N) is 1. The quantitative estimate of drug-likeness (QED) is 0.443. The van der Waals surface area contributed by atoms with Gasteiger partial charge in [-0.25, -0.2) is 0 Å². The number of methoxy groups -OCH3 is 1. The Bertz CT molecular complexity index is 1080. The molecule has 178 valence electrons. The van der Waals surface area contributed by atoms with Crippen LogP contribution in [-0.4, -0.2) is 55.2 Å². The van der Waals surface area contributed by atoms with Crippen molar-refractivity contribution in [1.82, 2.24) is 4.90 Å². The third-order valence-electron chi connectivity index (χ3n) is 5.82. The number of ketones is 1. The normalized spacial score (nSPS) is 14.5. The molecule has 1 N–H and O–H groups in total. The Balaban J connectivity index is 0.00000324. The van der Waals surface area contributed by atoms with E-state index in [1.807, 2.05) is 6.07 Å². The van der Waals surface area contributed by atoms with Gasteiger partial charge in [0, 0.05) is 30.8 Å². The van der Waals surface area contributed by atoms with Crippen molar-refractivity contribution in [2.45, 2.75) is 12.5 Å². The van der Waals surface area contributed by atoms with Crippen molar-refractivity contribution in [2.24, 2.45) is 0 Å². The number of hydrogen-bond donors (Lipinski definition) is 1. The minimum absolute atomic E-state index is 0. The molecule has 4 rings (SSSR count). The fourth-order valence-electron chi connectivity index (χ4n) is 3.95. The third-order valence-corrected chi connectivity index (χ3v) is 5.82. The molecule has 0 spiro atoms. The summed E-state index contributed by atoms with van der Waals surface area (Å²) < 4.78 is 10.9. The van der Waals surface area contributed by atoms with Gasteiger partial charge in [0.1, 0.15) is 24.2 Å². The second-order valence-corrected chi connectivity index (χ2v) is 8.15. The summed E-state index contributed by atoms with van der Waals surface area (Å²) in [4.78, 5) is 14.9. The zero-order chi connectivity index (χ0) is 23.0. The summed E-state index contributed by atoms with van der Waals surface area (Å²) >= 11 is 0. The molecule has 5 nitrogen and oxygen atoms in total. The summed E-state index contributed by atoms with van der Waals surface area (Å²) in [6, 6.07) is 24.5. The Morgan fingerprint density at radius 2 is 1.56 bits per heavy atom. The summed E-state index contributed by atoms with van der Waals surface area (Å²) in [6.07, 6.45) is 2.63. The second kappa shape index (κ2) is 12.4. The Morgan fingerprint density at radius 1 is 0.941 bits per heavy atom. The van der Waals surface area contributed by atoms with Crippen LogP contribution in [0.4, 0.5) is 0 Å². The van der Waals surface area contributed by atoms with Gasteiger partial charge in [-0.1, -0.05) is 36.4 Å². The van der Waals surface area contributed by atoms with Gasteiger partial charge in [0.2, 0.25) is 0 Å². The number of rotatable bonds is 9. The lowest BCUT2D eigenvalue weighted by Crippen LogP contribution is -2.38. The van der Waals surface area contributed by atoms with Crippen LogP contribution >= 0.6 is 12.4 Å². The first-order valence-electron chi connectivity index (χ1n) is 11.2. The first-order valence-corrected chi connectivity index (χ1v) is 11.2. The van der Waals surface area contributed by atoms with E-state index in [4.69, 9.17) is 9.47 Å². The van der Waals surface area contributed by atoms with Crippen molar-refractivity contribution in [2.75, 3.05) is 33.4 Å². The number of ether oxygens (including phenoxy) is 2. The number of hydrogen-bond acceptors (Lipinski definition) is 5. The van der Waals surface area contributed by atoms with Crippen LogP contribution in [0.25, 0.3) is 5.57 Å². The average molecular weight is 480 g/mol. The van der Waals surface area contributed by atoms with E-state index in [0.29, 0.717) is 29.2 Å². The maximum atomic E-state index is 12.6. The number of aliphatic hydroxyl groups excluding tert-OH is 1. The number of halogens is 1. The van der Waals surface area contributed by atoms with Gasteiger partial charge in [-0.15, -0.1) is 12.4 Å². The van der Waals surface area contributed by atoms with E-state index < -0.39 is 6.10 Å². The molecule has 1 unspecified atom stereocenters. The molecule has 1 heterocycles. The summed E-state index contributed by atoms with van der Waals surface area (Å²) in [5, 5.41) is 10.4. The van der Waals surface area contributed by atoms with E-state index in [1.54, 1.807) is 55.6 Å². The van der Waals surface area contributed by atoms with Gasteiger partial charge in [-0.2, -0.15) is 0 Å². The van der Waals surface area contributed by atoms with Gasteiger partial charge < -0.3 is 14.6 Å². The molecule has 0 radical (unpaired) electrons. The standard InChI is InChI=1S/C28H29NO4.ClH/c1-32-26-11-7-23(8-12-26)28(31)24-9-13-27(14-10-24)33-20-25(30)19-29-17-15-22(16-18-29)21-5-3-2-4-6-21;/h2-15,25,30H,16-20H2,1H3;1H. The maximum Gasteiger partial charge on any atom is 0.193 e. The highest BCUT2D eigenvalue weighted by Crippen LogP contribution is 2.22. The molecule has 3 aromatic carbocycles. The van der Waals surface area contributed by atoms with Gasteiger partial charge >= 0.3 is 0 Å². The van der Waals surface area contributed by atoms with Gasteiger partial charge in [0.25, 0.3) is 0 Å². The lowest BCUT2D eigenvalue weighted by Gasteiger charge is -2.28. The zero-order valence-electron chi connectivity index (χ0n) is 19.2. The predicted octanol–water partition coefficient (Wildman–Crippen LogP) is 4.88. The molecule has 3 aromatic rings. The molecule has 0 fully saturated rings. The van der Waals surface area contributed by atoms with Crippen molar-refractivity contribution in [3.8, 4) is 11.5 Å². The highest BCUT2D eigenvalue weighted by Gasteiger charge is 2.17. The molecular formula is C28H30ClNO4. The highest BCUT2D eigenvalue weighted by atomic mass is 35.5. The van der Waals surface area contributed by atoms with Gasteiger partial charge in [0.05, 0.1) is 7.11 Å². The van der Waals surface area contributed by atoms with Crippen molar-refractivity contribution >= 4 is 23.8 Å². The number of aliphatic hydroxyl groups is 1. The topological polar surface area (TPSA) is 59.0 Å². The summed E-state index contributed by atoms with van der Waals surface area (Å²) in [7, 11) is 1.60. The van der Waals surface area contributed by atoms with Crippen LogP contribution in [0.5, 0.6) is 11.5 Å². The number of carbonyl (C=O) groups excluding carboxylic acids is 1. The smallest absolute Gasteiger partial charge is 0.193 e. The number of benzene rings is 3. The van der Waals surface area contributed by atoms with E-state index in [9.17, 15) is 9.90 Å². The molecule has 0 aromatic heterocycles. The average Bonchev–Trinajstić information content (AvgIpc) is 2.88. The van der Waals surface area contributed by atoms with Crippen molar-refractivity contribution in [3.63, 3.8) is 0 Å². The molecule has 0 saturated carbocycles. The molecule has 1 aliphatic heterocycles. The van der Waals surface area contributed by atoms with Crippen LogP contribution in [0.2, 0.25) is 0 Å². The molecule has 34 heavy (non-hydrogen) atoms. The van der Waals surface area contributed by atoms with Crippen LogP contribution in [0.15, 0.2) is 84.9 Å². The van der Waals surface area contributed by atoms with E-state index >= 15 is 0 Å². The van der Waals surface area contributed by atoms with E-state index in [0.717, 1.165) is 19.5 Å². The lowest BCUT2D eigenvalue weighted by atomic mass is 9.99. The molecule has 0 amide bonds. The van der Waals surface area contributed by atoms with Gasteiger partial charge in [-0.05, 0) is 66.1 Å². The van der Waals surface area contributed by atoms with E-state index in [-0.39, 0.29) is 24.8 Å². The van der Waals surface area contributed by atoms with Crippen LogP contribution < -0.4 is 9.47 Å². The summed E-state index contributed by atoms with van der Waals surface area (Å²) in [5.41, 5.74) is 3.82. The maximum absolute atomic E-state index is 12.6. The Morgan fingerprint density at radius 3 is 2.12 bits per heavy atom. The minimum atomic E-state index is -0.586. The van der Waals surface area contributed by atoms with Crippen LogP contribution in [-0.2, 0) is 0 Å². The summed E-state index contributed by atoms with van der Waals surface area (Å²) in [6.45, 7) is 2.51. The first kappa shape index (κ1) is 25.5. The highest BCUT2D eigenvalue weighted by molar-refractivity contribution is 6.09. The third kappa shape index (κ3) is 6.70. The van der Waals surface area contributed by atoms with E-state index in [1.165, 1.54) is 11.1 Å². The molecule has 0 saturated heterocycles. The predicted molar refractivity (Wildman–Crippen MR) is 137 cm³/mol. The van der Waals surface area contributed by atoms with Gasteiger partial charge in [0.15, 0.2) is 5.78 Å². The molecule has 1 atom stereocenters. The van der Waals surface area contributed by atoms with Gasteiger partial charge in [-0.3, -0.25) is 9.69 Å². The Labute approximate surface area is 207 Å². The molecular weight excluding hydrogens is 450 g/mol. The lowest BCUT2D eigenvalue weighted by molar-refractivity contribution is 0.0716. The first-order chi connectivity index (χ1) is 16.1. The van der Waals surface area contributed by atoms with Crippen LogP contribution in [0.3, 0.4) is 0 Å². The SMILES string of the molecule is COc1ccc(C(=O)c2ccc(OCC(O)CN3CC=C(c4ccccc4)CC3)cc2)cc1.Cl. The molecule has 0 bridgehead atoms. The number of carbonyl (C=O) groups is 1. The van der Waals surface area contributed by atoms with Crippen molar-refractivity contribution in [3.05, 3.63) is 102 Å². The zero-order valence-corrected chi connectivity index (χ0v) is 20.0. The molecule has 6 heteroatoms. The Kier molecular flexibility index (Phi) is 9.28. The van der Waals surface area contributed by atoms with E-state index in [2.05, 4.69) is 35.2 Å². The van der Waals surface area contributed by atoms with Crippen LogP contribution in [0, 0.1) is 0 Å². The molecule has 0 aliphatic carbocycles. The monoisotopic (exact) mass is 479 g/mol. The minimum Gasteiger partial charge on any atom is -0.497 e. The van der Waals surface area contributed by atoms with Crippen molar-refractivity contribution < 1.29 is 19.4 Å². The summed E-state index contributed by atoms with van der Waals surface area (Å²) in [5.74, 6) is 1.29. The molecule has 1 aliphatic rings. The number of nitrogens with zero attached hydrogens (tertiary/aromatic N) is 1. The fourth-order valence-corrected chi connectivity index (χ4v) is 3.95. The fraction of sp³-hybridized carbons (Fsp3) is 0.250. The van der Waals surface area contributed by atoms with Crippen LogP contribution in [0.1, 0.15) is 27.9 Å².